The molecule has 0 aliphatic heterocycles. The van der Waals surface area contributed by atoms with Gasteiger partial charge in [0.2, 0.25) is 0 Å². The molecule has 2 N–H and O–H groups in total. The second-order valence-corrected chi connectivity index (χ2v) is 3.71. The second-order valence-electron chi connectivity index (χ2n) is 3.71. The molecule has 0 aromatic heterocycles. The molecule has 0 atom stereocenters. The van der Waals surface area contributed by atoms with Crippen LogP contribution in [0.1, 0.15) is 0 Å². The molecule has 0 aliphatic carbocycles. The third-order valence-corrected chi connectivity index (χ3v) is 2.28. The van der Waals surface area contributed by atoms with Crippen molar-refractivity contribution in [2.45, 2.75) is 0 Å². The maximum atomic E-state index is 13.3. The Balaban J connectivity index is 2.05. The van der Waals surface area contributed by atoms with E-state index in [1.165, 1.54) is 24.3 Å². The molecule has 2 amide bonds. The van der Waals surface area contributed by atoms with Crippen LogP contribution in [0.4, 0.5) is 29.3 Å². The lowest BCUT2D eigenvalue weighted by atomic mass is 10.3. The summed E-state index contributed by atoms with van der Waals surface area (Å²) in [7, 11) is 0. The van der Waals surface area contributed by atoms with Crippen LogP contribution in [-0.4, -0.2) is 6.03 Å². The zero-order chi connectivity index (χ0) is 13.8. The minimum absolute atomic E-state index is 0.278. The highest BCUT2D eigenvalue weighted by Gasteiger charge is 2.08. The molecule has 0 bridgehead atoms. The number of hydrogen-bond donors (Lipinski definition) is 2. The number of carbonyl (C=O) groups excluding carboxylic acids is 1. The van der Waals surface area contributed by atoms with E-state index in [9.17, 15) is 18.0 Å². The summed E-state index contributed by atoms with van der Waals surface area (Å²) in [5.74, 6) is -1.86. The molecular formula is C13H9F3N2O. The summed E-state index contributed by atoms with van der Waals surface area (Å²) in [6, 6.07) is 6.97. The standard InChI is InChI=1S/C13H9F3N2O/c14-8-1-4-10(5-2-8)17-13(19)18-12-7-9(15)3-6-11(12)16/h1-7H,(H2,17,18,19). The summed E-state index contributed by atoms with van der Waals surface area (Å²) in [5.41, 5.74) is 0.0512. The predicted molar refractivity (Wildman–Crippen MR) is 65.4 cm³/mol. The van der Waals surface area contributed by atoms with E-state index in [-0.39, 0.29) is 5.69 Å². The fourth-order valence-corrected chi connectivity index (χ4v) is 1.41. The van der Waals surface area contributed by atoms with Gasteiger partial charge >= 0.3 is 6.03 Å². The van der Waals surface area contributed by atoms with E-state index in [1.54, 1.807) is 0 Å². The van der Waals surface area contributed by atoms with Gasteiger partial charge in [0.15, 0.2) is 0 Å². The third kappa shape index (κ3) is 3.48. The van der Waals surface area contributed by atoms with E-state index in [0.717, 1.165) is 18.2 Å². The van der Waals surface area contributed by atoms with Crippen molar-refractivity contribution in [3.05, 3.63) is 59.9 Å². The summed E-state index contributed by atoms with van der Waals surface area (Å²) in [4.78, 5) is 11.5. The van der Waals surface area contributed by atoms with Gasteiger partial charge in [-0.1, -0.05) is 0 Å². The van der Waals surface area contributed by atoms with Crippen LogP contribution < -0.4 is 10.6 Å². The van der Waals surface area contributed by atoms with Gasteiger partial charge in [-0.2, -0.15) is 0 Å². The largest absolute Gasteiger partial charge is 0.323 e. The number of anilines is 2. The summed E-state index contributed by atoms with van der Waals surface area (Å²) in [5, 5.41) is 4.51. The molecule has 0 heterocycles. The highest BCUT2D eigenvalue weighted by molar-refractivity contribution is 5.99. The first-order chi connectivity index (χ1) is 9.04. The van der Waals surface area contributed by atoms with E-state index in [2.05, 4.69) is 10.6 Å². The van der Waals surface area contributed by atoms with Crippen LogP contribution in [0, 0.1) is 17.5 Å². The normalized spacial score (nSPS) is 10.1. The molecule has 0 aliphatic rings. The molecule has 0 saturated heterocycles. The quantitative estimate of drug-likeness (QED) is 0.854. The van der Waals surface area contributed by atoms with Crippen molar-refractivity contribution in [3.8, 4) is 0 Å². The van der Waals surface area contributed by atoms with E-state index < -0.39 is 23.5 Å². The molecule has 0 fully saturated rings. The summed E-state index contributed by atoms with van der Waals surface area (Å²) in [6.45, 7) is 0. The molecule has 0 radical (unpaired) electrons. The SMILES string of the molecule is O=C(Nc1ccc(F)cc1)Nc1cc(F)ccc1F. The zero-order valence-corrected chi connectivity index (χ0v) is 9.58. The molecule has 3 nitrogen and oxygen atoms in total. The molecular weight excluding hydrogens is 257 g/mol. The Labute approximate surface area is 107 Å². The van der Waals surface area contributed by atoms with Crippen LogP contribution in [0.2, 0.25) is 0 Å². The Bertz CT molecular complexity index is 599. The molecule has 0 unspecified atom stereocenters. The van der Waals surface area contributed by atoms with Gasteiger partial charge in [-0.3, -0.25) is 0 Å². The fourth-order valence-electron chi connectivity index (χ4n) is 1.41. The van der Waals surface area contributed by atoms with Crippen LogP contribution in [0.25, 0.3) is 0 Å². The van der Waals surface area contributed by atoms with Crippen LogP contribution in [0.3, 0.4) is 0 Å². The number of halogens is 3. The Morgan fingerprint density at radius 2 is 1.47 bits per heavy atom. The van der Waals surface area contributed by atoms with E-state index in [0.29, 0.717) is 5.69 Å². The molecule has 2 aromatic carbocycles. The van der Waals surface area contributed by atoms with Crippen molar-refractivity contribution < 1.29 is 18.0 Å². The van der Waals surface area contributed by atoms with Crippen LogP contribution >= 0.6 is 0 Å². The number of rotatable bonds is 2. The molecule has 0 saturated carbocycles. The van der Waals surface area contributed by atoms with Gasteiger partial charge in [-0.05, 0) is 36.4 Å². The predicted octanol–water partition coefficient (Wildman–Crippen LogP) is 3.75. The maximum Gasteiger partial charge on any atom is 0.323 e. The van der Waals surface area contributed by atoms with Crippen molar-refractivity contribution in [3.63, 3.8) is 0 Å². The van der Waals surface area contributed by atoms with Gasteiger partial charge in [0.05, 0.1) is 5.69 Å². The van der Waals surface area contributed by atoms with Crippen LogP contribution in [0.5, 0.6) is 0 Å². The van der Waals surface area contributed by atoms with Gasteiger partial charge in [-0.25, -0.2) is 18.0 Å². The first-order valence-electron chi connectivity index (χ1n) is 5.33. The average molecular weight is 266 g/mol. The highest BCUT2D eigenvalue weighted by atomic mass is 19.1. The van der Waals surface area contributed by atoms with Gasteiger partial charge in [-0.15, -0.1) is 0 Å². The number of urea groups is 1. The second kappa shape index (κ2) is 5.43. The molecule has 2 rings (SSSR count). The van der Waals surface area contributed by atoms with Crippen molar-refractivity contribution in [1.29, 1.82) is 0 Å². The molecule has 19 heavy (non-hydrogen) atoms. The summed E-state index contributed by atoms with van der Waals surface area (Å²) >= 11 is 0. The van der Waals surface area contributed by atoms with Crippen molar-refractivity contribution in [2.75, 3.05) is 10.6 Å². The lowest BCUT2D eigenvalue weighted by Crippen LogP contribution is -2.20. The Morgan fingerprint density at radius 3 is 2.16 bits per heavy atom. The Morgan fingerprint density at radius 1 is 0.842 bits per heavy atom. The minimum Gasteiger partial charge on any atom is -0.308 e. The number of benzene rings is 2. The highest BCUT2D eigenvalue weighted by Crippen LogP contribution is 2.16. The van der Waals surface area contributed by atoms with Crippen LogP contribution in [-0.2, 0) is 0 Å². The van der Waals surface area contributed by atoms with Gasteiger partial charge < -0.3 is 10.6 Å². The smallest absolute Gasteiger partial charge is 0.308 e. The zero-order valence-electron chi connectivity index (χ0n) is 9.58. The maximum absolute atomic E-state index is 13.3. The first kappa shape index (κ1) is 12.9. The number of carbonyl (C=O) groups is 1. The Hall–Kier alpha value is -2.50. The van der Waals surface area contributed by atoms with E-state index in [4.69, 9.17) is 0 Å². The topological polar surface area (TPSA) is 41.1 Å². The molecule has 0 spiro atoms. The molecule has 6 heteroatoms. The van der Waals surface area contributed by atoms with Gasteiger partial charge in [0.1, 0.15) is 17.5 Å². The fraction of sp³-hybridized carbons (Fsp3) is 0. The minimum atomic E-state index is -0.754. The summed E-state index contributed by atoms with van der Waals surface area (Å²) < 4.78 is 38.8. The first-order valence-corrected chi connectivity index (χ1v) is 5.33. The lowest BCUT2D eigenvalue weighted by Gasteiger charge is -2.08. The number of hydrogen-bond acceptors (Lipinski definition) is 1. The number of amides is 2. The third-order valence-electron chi connectivity index (χ3n) is 2.28. The summed E-state index contributed by atoms with van der Waals surface area (Å²) in [6.07, 6.45) is 0. The molecule has 2 aromatic rings. The van der Waals surface area contributed by atoms with Gasteiger partial charge in [0.25, 0.3) is 0 Å². The van der Waals surface area contributed by atoms with E-state index >= 15 is 0 Å². The monoisotopic (exact) mass is 266 g/mol. The van der Waals surface area contributed by atoms with Gasteiger partial charge in [0, 0.05) is 11.8 Å². The number of nitrogens with one attached hydrogen (secondary N) is 2. The van der Waals surface area contributed by atoms with Crippen molar-refractivity contribution >= 4 is 17.4 Å². The average Bonchev–Trinajstić information content (AvgIpc) is 2.37. The molecule has 98 valence electrons. The van der Waals surface area contributed by atoms with E-state index in [1.807, 2.05) is 0 Å². The Kier molecular flexibility index (Phi) is 3.70. The lowest BCUT2D eigenvalue weighted by molar-refractivity contribution is 0.262. The van der Waals surface area contributed by atoms with Crippen molar-refractivity contribution in [1.82, 2.24) is 0 Å². The van der Waals surface area contributed by atoms with Crippen LogP contribution in [0.15, 0.2) is 42.5 Å². The van der Waals surface area contributed by atoms with Crippen molar-refractivity contribution in [2.24, 2.45) is 0 Å².